The van der Waals surface area contributed by atoms with Gasteiger partial charge in [0.05, 0.1) is 51.6 Å². The number of carboxylic acid groups (broad SMARTS) is 2. The van der Waals surface area contributed by atoms with Crippen LogP contribution >= 0.6 is 0 Å². The van der Waals surface area contributed by atoms with Crippen LogP contribution < -0.4 is 0 Å². The normalized spacial score (nSPS) is 12.8. The van der Waals surface area contributed by atoms with E-state index in [0.717, 1.165) is 0 Å². The molecule has 0 saturated heterocycles. The molecule has 1 unspecified atom stereocenters. The first-order valence-corrected chi connectivity index (χ1v) is 11.1. The number of hydrogen-bond acceptors (Lipinski definition) is 10. The van der Waals surface area contributed by atoms with Gasteiger partial charge in [-0.3, -0.25) is 19.4 Å². The number of aliphatic carboxylic acids is 2. The molecule has 0 aliphatic carbocycles. The van der Waals surface area contributed by atoms with Crippen molar-refractivity contribution >= 4 is 11.9 Å². The van der Waals surface area contributed by atoms with Crippen molar-refractivity contribution in [3.05, 3.63) is 58.7 Å². The number of hydrogen-bond donors (Lipinski definition) is 8. The molecule has 0 aromatic heterocycles. The smallest absolute Gasteiger partial charge is 0.317 e. The number of carboxylic acids is 2. The van der Waals surface area contributed by atoms with Gasteiger partial charge in [-0.15, -0.1) is 0 Å². The number of phenols is 2. The second-order valence-electron chi connectivity index (χ2n) is 8.34. The number of phenolic OH excluding ortho intramolecular Hbond substituents is 2. The second-order valence-corrected chi connectivity index (χ2v) is 8.34. The van der Waals surface area contributed by atoms with E-state index >= 15 is 0 Å². The van der Waals surface area contributed by atoms with Gasteiger partial charge in [-0.2, -0.15) is 0 Å². The van der Waals surface area contributed by atoms with Gasteiger partial charge < -0.3 is 40.9 Å². The molecule has 8 N–H and O–H groups in total. The minimum Gasteiger partial charge on any atom is -0.508 e. The van der Waals surface area contributed by atoms with Crippen LogP contribution in [0.25, 0.3) is 0 Å². The van der Waals surface area contributed by atoms with E-state index in [9.17, 15) is 50.4 Å². The van der Waals surface area contributed by atoms with E-state index in [0.29, 0.717) is 16.7 Å². The third kappa shape index (κ3) is 9.25. The largest absolute Gasteiger partial charge is 0.508 e. The Morgan fingerprint density at radius 1 is 0.676 bits per heavy atom. The number of rotatable bonds is 15. The summed E-state index contributed by atoms with van der Waals surface area (Å²) in [5.41, 5.74) is 1.46. The van der Waals surface area contributed by atoms with Crippen molar-refractivity contribution in [1.82, 2.24) is 9.80 Å². The second kappa shape index (κ2) is 15.5. The van der Waals surface area contributed by atoms with Gasteiger partial charge in [0, 0.05) is 41.3 Å². The minimum absolute atomic E-state index is 0. The zero-order valence-electron chi connectivity index (χ0n) is 19.9. The molecule has 2 aromatic rings. The van der Waals surface area contributed by atoms with Crippen molar-refractivity contribution in [3.63, 3.8) is 0 Å². The van der Waals surface area contributed by atoms with Crippen molar-refractivity contribution in [3.8, 4) is 11.5 Å². The molecule has 0 aliphatic heterocycles. The summed E-state index contributed by atoms with van der Waals surface area (Å²) in [6.07, 6.45) is 0. The summed E-state index contributed by atoms with van der Waals surface area (Å²) in [7, 11) is 0. The van der Waals surface area contributed by atoms with Gasteiger partial charge in [0.25, 0.3) is 0 Å². The molecule has 0 saturated carbocycles. The fourth-order valence-electron chi connectivity index (χ4n) is 4.03. The topological polar surface area (TPSA) is 202 Å². The summed E-state index contributed by atoms with van der Waals surface area (Å²) in [6.45, 7) is -3.52. The molecule has 0 radical (unpaired) electrons. The molecule has 0 heterocycles. The number of aliphatic hydroxyl groups excluding tert-OH is 4. The maximum atomic E-state index is 11.6. The van der Waals surface area contributed by atoms with E-state index in [1.165, 1.54) is 40.1 Å². The first-order chi connectivity index (χ1) is 17.1. The number of nitrogens with zero attached hydrogens (tertiary/aromatic N) is 2. The van der Waals surface area contributed by atoms with Crippen molar-refractivity contribution in [2.45, 2.75) is 38.4 Å². The summed E-state index contributed by atoms with van der Waals surface area (Å²) in [4.78, 5) is 25.8. The summed E-state index contributed by atoms with van der Waals surface area (Å²) in [5.74, 6) is -2.89. The van der Waals surface area contributed by atoms with E-state index in [2.05, 4.69) is 0 Å². The van der Waals surface area contributed by atoms with Crippen LogP contribution in [0.1, 0.15) is 22.3 Å². The van der Waals surface area contributed by atoms with Gasteiger partial charge in [-0.1, -0.05) is 18.2 Å². The molecule has 13 heteroatoms. The first-order valence-electron chi connectivity index (χ1n) is 11.1. The molecule has 12 nitrogen and oxygen atoms in total. The average molecular weight is 564 g/mol. The van der Waals surface area contributed by atoms with Crippen LogP contribution in [0.2, 0.25) is 0 Å². The first kappa shape index (κ1) is 32.3. The average Bonchev–Trinajstić information content (AvgIpc) is 2.83. The maximum Gasteiger partial charge on any atom is 0.317 e. The predicted molar refractivity (Wildman–Crippen MR) is 126 cm³/mol. The van der Waals surface area contributed by atoms with Crippen molar-refractivity contribution in [2.75, 3.05) is 26.3 Å². The Balaban J connectivity index is 0.00000684. The van der Waals surface area contributed by atoms with Crippen LogP contribution in [0.5, 0.6) is 11.5 Å². The molecule has 0 bridgehead atoms. The zero-order chi connectivity index (χ0) is 26.8. The van der Waals surface area contributed by atoms with Crippen LogP contribution in [0, 0.1) is 0 Å². The standard InChI is InChI=1S/C24H32N2O10.Fe/c27-11-15-2-4-21(31)18(5-15)8-26(10-24(35)36)20(14-30)19(13-29)25(9-23(33)34)7-17-3-1-16(12-28)6-22(17)32;/h1-6,19-20,27-32H,7-14H2,(H,33,34)(H,35,36);/t19-,20?;/m1./s1. The van der Waals surface area contributed by atoms with E-state index < -0.39 is 50.3 Å². The van der Waals surface area contributed by atoms with Crippen LogP contribution in [-0.4, -0.2) is 101 Å². The predicted octanol–water partition coefficient (Wildman–Crippen LogP) is -0.725. The summed E-state index contributed by atoms with van der Waals surface area (Å²) < 4.78 is 0. The minimum atomic E-state index is -1.26. The number of aromatic hydroxyl groups is 2. The van der Waals surface area contributed by atoms with Gasteiger partial charge in [-0.25, -0.2) is 0 Å². The van der Waals surface area contributed by atoms with Crippen LogP contribution in [-0.2, 0) is 53.0 Å². The monoisotopic (exact) mass is 564 g/mol. The molecular formula is C24H32FeN2O10. The van der Waals surface area contributed by atoms with Crippen molar-refractivity contribution in [2.24, 2.45) is 0 Å². The Kier molecular flexibility index (Phi) is 13.5. The Morgan fingerprint density at radius 3 is 1.57 bits per heavy atom. The number of aliphatic hydroxyl groups is 4. The van der Waals surface area contributed by atoms with Gasteiger partial charge in [0.2, 0.25) is 0 Å². The summed E-state index contributed by atoms with van der Waals surface area (Å²) >= 11 is 0. The molecule has 2 atom stereocenters. The maximum absolute atomic E-state index is 11.6. The van der Waals surface area contributed by atoms with E-state index in [1.807, 2.05) is 0 Å². The number of carbonyl (C=O) groups is 2. The SMILES string of the molecule is O=C(O)CN(Cc1cc(CO)ccc1O)C(CO)[C@@H](CO)N(CC(=O)O)Cc1ccc(CO)cc1O.[Fe]. The summed E-state index contributed by atoms with van der Waals surface area (Å²) in [5, 5.41) is 78.7. The molecular weight excluding hydrogens is 532 g/mol. The van der Waals surface area contributed by atoms with Crippen molar-refractivity contribution < 1.29 is 67.5 Å². The van der Waals surface area contributed by atoms with E-state index in [1.54, 1.807) is 6.07 Å². The molecule has 0 aliphatic rings. The Hall–Kier alpha value is -2.74. The van der Waals surface area contributed by atoms with Gasteiger partial charge >= 0.3 is 11.9 Å². The third-order valence-corrected chi connectivity index (χ3v) is 5.84. The van der Waals surface area contributed by atoms with E-state index in [4.69, 9.17) is 0 Å². The van der Waals surface area contributed by atoms with Crippen LogP contribution in [0.4, 0.5) is 0 Å². The van der Waals surface area contributed by atoms with Crippen LogP contribution in [0.3, 0.4) is 0 Å². The van der Waals surface area contributed by atoms with Gasteiger partial charge in [-0.05, 0) is 29.3 Å². The molecule has 2 rings (SSSR count). The molecule has 37 heavy (non-hydrogen) atoms. The zero-order valence-corrected chi connectivity index (χ0v) is 21.0. The van der Waals surface area contributed by atoms with Crippen LogP contribution in [0.15, 0.2) is 36.4 Å². The fourth-order valence-corrected chi connectivity index (χ4v) is 4.03. The molecule has 2 aromatic carbocycles. The molecule has 0 amide bonds. The Morgan fingerprint density at radius 2 is 1.14 bits per heavy atom. The third-order valence-electron chi connectivity index (χ3n) is 5.84. The van der Waals surface area contributed by atoms with Gasteiger partial charge in [0.1, 0.15) is 11.5 Å². The molecule has 0 fully saturated rings. The Labute approximate surface area is 224 Å². The van der Waals surface area contributed by atoms with E-state index in [-0.39, 0.29) is 60.4 Å². The quantitative estimate of drug-likeness (QED) is 0.126. The number of benzene rings is 2. The van der Waals surface area contributed by atoms with Crippen molar-refractivity contribution in [1.29, 1.82) is 0 Å². The fraction of sp³-hybridized carbons (Fsp3) is 0.417. The summed E-state index contributed by atoms with van der Waals surface area (Å²) in [6, 6.07) is 6.47. The molecule has 0 spiro atoms. The van der Waals surface area contributed by atoms with Gasteiger partial charge in [0.15, 0.2) is 0 Å². The molecule has 206 valence electrons. The Bertz CT molecular complexity index is 1040.